The van der Waals surface area contributed by atoms with Crippen LogP contribution in [0.3, 0.4) is 0 Å². The van der Waals surface area contributed by atoms with Crippen LogP contribution in [0.15, 0.2) is 56.8 Å². The van der Waals surface area contributed by atoms with Crippen molar-refractivity contribution >= 4 is 34.7 Å². The number of esters is 1. The lowest BCUT2D eigenvalue weighted by Crippen LogP contribution is -2.39. The zero-order valence-electron chi connectivity index (χ0n) is 19.5. The van der Waals surface area contributed by atoms with Crippen molar-refractivity contribution < 1.29 is 19.0 Å². The summed E-state index contributed by atoms with van der Waals surface area (Å²) in [6.07, 6.45) is 1.86. The highest BCUT2D eigenvalue weighted by Crippen LogP contribution is 2.36. The van der Waals surface area contributed by atoms with Crippen LogP contribution < -0.4 is 24.4 Å². The highest BCUT2D eigenvalue weighted by Gasteiger charge is 2.34. The number of thiazole rings is 1. The van der Waals surface area contributed by atoms with Crippen molar-refractivity contribution in [2.75, 3.05) is 19.8 Å². The molecule has 0 saturated carbocycles. The van der Waals surface area contributed by atoms with Gasteiger partial charge in [-0.1, -0.05) is 23.5 Å². The van der Waals surface area contributed by atoms with Gasteiger partial charge in [0.05, 0.1) is 41.7 Å². The molecule has 7 nitrogen and oxygen atoms in total. The molecule has 0 N–H and O–H groups in total. The van der Waals surface area contributed by atoms with Crippen LogP contribution >= 0.6 is 22.7 Å². The Labute approximate surface area is 205 Å². The molecule has 0 fully saturated rings. The lowest BCUT2D eigenvalue weighted by atomic mass is 9.95. The van der Waals surface area contributed by atoms with Crippen LogP contribution in [-0.2, 0) is 9.53 Å². The SMILES string of the molecule is CCOC(=O)C1=C(C)N=c2sc(=Cc3cccs3)c(=O)n2[C@H]1c1ccc(OCC)c(OCC)c1. The van der Waals surface area contributed by atoms with E-state index < -0.39 is 12.0 Å². The maximum absolute atomic E-state index is 13.6. The van der Waals surface area contributed by atoms with Gasteiger partial charge in [0.15, 0.2) is 16.3 Å². The molecule has 1 aromatic carbocycles. The number of allylic oxidation sites excluding steroid dienone is 1. The van der Waals surface area contributed by atoms with Crippen molar-refractivity contribution in [3.05, 3.63) is 77.1 Å². The van der Waals surface area contributed by atoms with Crippen molar-refractivity contribution in [1.29, 1.82) is 0 Å². The number of thiophene rings is 1. The van der Waals surface area contributed by atoms with E-state index in [1.165, 1.54) is 11.3 Å². The standard InChI is InChI=1S/C25H26N2O5S2/c1-5-30-18-11-10-16(13-19(18)31-6-2)22-21(24(29)32-7-3)15(4)26-25-27(22)23(28)20(34-25)14-17-9-8-12-33-17/h8-14,22H,5-7H2,1-4H3/t22-/m0/s1. The van der Waals surface area contributed by atoms with Crippen molar-refractivity contribution in [3.63, 3.8) is 0 Å². The van der Waals surface area contributed by atoms with Crippen molar-refractivity contribution in [2.45, 2.75) is 33.7 Å². The molecule has 4 rings (SSSR count). The minimum atomic E-state index is -0.698. The van der Waals surface area contributed by atoms with Crippen LogP contribution in [0.1, 0.15) is 44.2 Å². The molecule has 1 aliphatic rings. The number of carbonyl (C=O) groups is 1. The molecule has 0 saturated heterocycles. The molecule has 0 unspecified atom stereocenters. The van der Waals surface area contributed by atoms with Gasteiger partial charge in [0.2, 0.25) is 0 Å². The third-order valence-electron chi connectivity index (χ3n) is 5.22. The molecule has 2 aromatic heterocycles. The van der Waals surface area contributed by atoms with Crippen LogP contribution in [-0.4, -0.2) is 30.4 Å². The summed E-state index contributed by atoms with van der Waals surface area (Å²) in [4.78, 5) is 32.8. The van der Waals surface area contributed by atoms with E-state index in [1.807, 2.05) is 55.6 Å². The van der Waals surface area contributed by atoms with Gasteiger partial charge in [-0.2, -0.15) is 0 Å². The Morgan fingerprint density at radius 3 is 2.56 bits per heavy atom. The molecule has 3 aromatic rings. The number of ether oxygens (including phenoxy) is 3. The first-order chi connectivity index (χ1) is 16.5. The third kappa shape index (κ3) is 4.58. The molecule has 178 valence electrons. The molecule has 0 spiro atoms. The van der Waals surface area contributed by atoms with Crippen LogP contribution in [0.4, 0.5) is 0 Å². The van der Waals surface area contributed by atoms with Gasteiger partial charge in [0.1, 0.15) is 0 Å². The Hall–Kier alpha value is -3.17. The van der Waals surface area contributed by atoms with E-state index in [4.69, 9.17) is 14.2 Å². The molecule has 0 amide bonds. The van der Waals surface area contributed by atoms with Crippen LogP contribution in [0.25, 0.3) is 6.08 Å². The van der Waals surface area contributed by atoms with E-state index in [0.717, 1.165) is 4.88 Å². The smallest absolute Gasteiger partial charge is 0.338 e. The summed E-state index contributed by atoms with van der Waals surface area (Å²) in [6.45, 7) is 8.48. The lowest BCUT2D eigenvalue weighted by molar-refractivity contribution is -0.139. The van der Waals surface area contributed by atoms with Gasteiger partial charge in [-0.05, 0) is 62.9 Å². The minimum Gasteiger partial charge on any atom is -0.490 e. The molecule has 1 atom stereocenters. The molecule has 34 heavy (non-hydrogen) atoms. The van der Waals surface area contributed by atoms with Gasteiger partial charge in [0, 0.05) is 4.88 Å². The fourth-order valence-electron chi connectivity index (χ4n) is 3.85. The number of aromatic nitrogens is 1. The van der Waals surface area contributed by atoms with Gasteiger partial charge in [-0.15, -0.1) is 11.3 Å². The topological polar surface area (TPSA) is 79.1 Å². The maximum Gasteiger partial charge on any atom is 0.338 e. The number of hydrogen-bond donors (Lipinski definition) is 0. The second kappa shape index (κ2) is 10.4. The molecule has 0 aliphatic carbocycles. The van der Waals surface area contributed by atoms with Crippen LogP contribution in [0.5, 0.6) is 11.5 Å². The van der Waals surface area contributed by atoms with E-state index in [9.17, 15) is 9.59 Å². The summed E-state index contributed by atoms with van der Waals surface area (Å²) in [5.41, 5.74) is 1.37. The average molecular weight is 499 g/mol. The second-order valence-electron chi connectivity index (χ2n) is 7.39. The number of nitrogens with zero attached hydrogens (tertiary/aromatic N) is 2. The number of rotatable bonds is 8. The summed E-state index contributed by atoms with van der Waals surface area (Å²) in [5.74, 6) is 0.671. The van der Waals surface area contributed by atoms with Gasteiger partial charge in [0.25, 0.3) is 5.56 Å². The van der Waals surface area contributed by atoms with E-state index in [0.29, 0.717) is 50.9 Å². The normalized spacial score (nSPS) is 15.6. The largest absolute Gasteiger partial charge is 0.490 e. The van der Waals surface area contributed by atoms with Crippen molar-refractivity contribution in [2.24, 2.45) is 4.99 Å². The Balaban J connectivity index is 1.95. The number of fused-ring (bicyclic) bond motifs is 1. The Morgan fingerprint density at radius 1 is 1.12 bits per heavy atom. The average Bonchev–Trinajstić information content (AvgIpc) is 3.43. The fourth-order valence-corrected chi connectivity index (χ4v) is 5.62. The van der Waals surface area contributed by atoms with Crippen LogP contribution in [0, 0.1) is 0 Å². The van der Waals surface area contributed by atoms with Crippen molar-refractivity contribution in [1.82, 2.24) is 4.57 Å². The molecule has 0 bridgehead atoms. The molecule has 3 heterocycles. The first-order valence-corrected chi connectivity index (χ1v) is 12.8. The molecule has 0 radical (unpaired) electrons. The number of hydrogen-bond acceptors (Lipinski definition) is 8. The monoisotopic (exact) mass is 498 g/mol. The Kier molecular flexibility index (Phi) is 7.33. The Bertz CT molecular complexity index is 1400. The summed E-state index contributed by atoms with van der Waals surface area (Å²) in [5, 5.41) is 1.96. The number of carbonyl (C=O) groups excluding carboxylic acids is 1. The number of benzene rings is 1. The van der Waals surface area contributed by atoms with E-state index >= 15 is 0 Å². The fraction of sp³-hybridized carbons (Fsp3) is 0.320. The summed E-state index contributed by atoms with van der Waals surface area (Å²) >= 11 is 2.86. The predicted molar refractivity (Wildman–Crippen MR) is 133 cm³/mol. The van der Waals surface area contributed by atoms with Crippen molar-refractivity contribution in [3.8, 4) is 11.5 Å². The lowest BCUT2D eigenvalue weighted by Gasteiger charge is -2.25. The summed E-state index contributed by atoms with van der Waals surface area (Å²) < 4.78 is 19.0. The second-order valence-corrected chi connectivity index (χ2v) is 9.38. The quantitative estimate of drug-likeness (QED) is 0.443. The first-order valence-electron chi connectivity index (χ1n) is 11.1. The zero-order chi connectivity index (χ0) is 24.2. The highest BCUT2D eigenvalue weighted by atomic mass is 32.1. The van der Waals surface area contributed by atoms with E-state index in [2.05, 4.69) is 4.99 Å². The van der Waals surface area contributed by atoms with E-state index in [1.54, 1.807) is 29.8 Å². The summed E-state index contributed by atoms with van der Waals surface area (Å²) in [7, 11) is 0. The van der Waals surface area contributed by atoms with E-state index in [-0.39, 0.29) is 12.2 Å². The third-order valence-corrected chi connectivity index (χ3v) is 7.02. The highest BCUT2D eigenvalue weighted by molar-refractivity contribution is 7.11. The first kappa shape index (κ1) is 24.0. The minimum absolute atomic E-state index is 0.205. The zero-order valence-corrected chi connectivity index (χ0v) is 21.1. The predicted octanol–water partition coefficient (Wildman–Crippen LogP) is 3.66. The van der Waals surface area contributed by atoms with Crippen LogP contribution in [0.2, 0.25) is 0 Å². The Morgan fingerprint density at radius 2 is 1.88 bits per heavy atom. The van der Waals surface area contributed by atoms with Gasteiger partial charge < -0.3 is 14.2 Å². The van der Waals surface area contributed by atoms with Gasteiger partial charge in [-0.3, -0.25) is 9.36 Å². The molecule has 1 aliphatic heterocycles. The molecular formula is C25H26N2O5S2. The maximum atomic E-state index is 13.6. The molecule has 9 heteroatoms. The molecular weight excluding hydrogens is 472 g/mol. The summed E-state index contributed by atoms with van der Waals surface area (Å²) in [6, 6.07) is 8.69. The van der Waals surface area contributed by atoms with Gasteiger partial charge >= 0.3 is 5.97 Å². The van der Waals surface area contributed by atoms with Gasteiger partial charge in [-0.25, -0.2) is 9.79 Å².